The zero-order chi connectivity index (χ0) is 25.1. The second-order valence-corrected chi connectivity index (χ2v) is 9.31. The molecule has 37 heavy (non-hydrogen) atoms. The summed E-state index contributed by atoms with van der Waals surface area (Å²) < 4.78 is 0. The van der Waals surface area contributed by atoms with E-state index < -0.39 is 0 Å². The molecule has 0 fully saturated rings. The van der Waals surface area contributed by atoms with Gasteiger partial charge < -0.3 is 0 Å². The first-order chi connectivity index (χ1) is 18.4. The third-order valence-corrected chi connectivity index (χ3v) is 6.71. The maximum atomic E-state index is 2.47. The number of benzene rings is 5. The monoisotopic (exact) mass is 476 g/mol. The lowest BCUT2D eigenvalue weighted by Crippen LogP contribution is -2.01. The smallest absolute Gasteiger partial charge is 0.00315 e. The fraction of sp³-hybridized carbons (Fsp3) is 0.0811. The van der Waals surface area contributed by atoms with E-state index in [0.717, 1.165) is 12.8 Å². The molecule has 180 valence electrons. The molecule has 0 aliphatic carbocycles. The first-order valence-corrected chi connectivity index (χ1v) is 13.1. The van der Waals surface area contributed by atoms with Gasteiger partial charge in [-0.05, 0) is 57.7 Å². The van der Waals surface area contributed by atoms with Gasteiger partial charge in [0.05, 0.1) is 0 Å². The molecule has 0 aromatic heterocycles. The van der Waals surface area contributed by atoms with Crippen LogP contribution in [-0.4, -0.2) is 0 Å². The van der Waals surface area contributed by atoms with Gasteiger partial charge in [-0.3, -0.25) is 0 Å². The van der Waals surface area contributed by atoms with E-state index in [-0.39, 0.29) is 5.92 Å². The van der Waals surface area contributed by atoms with Crippen molar-refractivity contribution in [2.75, 3.05) is 0 Å². The summed E-state index contributed by atoms with van der Waals surface area (Å²) in [5.74, 6) is 0.242. The lowest BCUT2D eigenvalue weighted by Gasteiger charge is -2.17. The van der Waals surface area contributed by atoms with Gasteiger partial charge in [-0.25, -0.2) is 0 Å². The number of allylic oxidation sites excluding steroid dienone is 2. The minimum absolute atomic E-state index is 0.242. The highest BCUT2D eigenvalue weighted by Crippen LogP contribution is 2.31. The van der Waals surface area contributed by atoms with E-state index in [2.05, 4.69) is 164 Å². The molecule has 0 saturated heterocycles. The topological polar surface area (TPSA) is 0 Å². The fourth-order valence-electron chi connectivity index (χ4n) is 4.81. The van der Waals surface area contributed by atoms with Gasteiger partial charge in [0.2, 0.25) is 0 Å². The zero-order valence-electron chi connectivity index (χ0n) is 21.1. The molecule has 5 aromatic carbocycles. The van der Waals surface area contributed by atoms with Gasteiger partial charge >= 0.3 is 0 Å². The molecule has 0 N–H and O–H groups in total. The molecule has 0 amide bonds. The molecule has 0 spiro atoms. The average molecular weight is 477 g/mol. The largest absolute Gasteiger partial charge is 0.0691 e. The minimum atomic E-state index is 0.242. The van der Waals surface area contributed by atoms with Gasteiger partial charge in [0.25, 0.3) is 0 Å². The van der Waals surface area contributed by atoms with Crippen molar-refractivity contribution in [2.45, 2.75) is 12.8 Å². The first-order valence-electron chi connectivity index (χ1n) is 13.1. The third-order valence-electron chi connectivity index (χ3n) is 6.71. The number of rotatable bonds is 9. The van der Waals surface area contributed by atoms with Gasteiger partial charge in [0, 0.05) is 0 Å². The molecule has 0 heterocycles. The molecule has 0 atom stereocenters. The summed E-state index contributed by atoms with van der Waals surface area (Å²) in [5.41, 5.74) is 8.89. The average Bonchev–Trinajstić information content (AvgIpc) is 2.99. The standard InChI is InChI=1S/C37H32/c1-6-16-30(17-7-1)26-27-31(28-36(32-18-8-2-9-19-32)33-20-10-3-11-21-33)29-37(34-22-12-4-13-23-34)35-24-14-5-15-25-35/h1-25,28-29,31H,26-27H2. The predicted octanol–water partition coefficient (Wildman–Crippen LogP) is 9.50. The van der Waals surface area contributed by atoms with Crippen molar-refractivity contribution in [3.63, 3.8) is 0 Å². The summed E-state index contributed by atoms with van der Waals surface area (Å²) >= 11 is 0. The Morgan fingerprint density at radius 3 is 1.03 bits per heavy atom. The van der Waals surface area contributed by atoms with Gasteiger partial charge in [0.15, 0.2) is 0 Å². The number of hydrogen-bond donors (Lipinski definition) is 0. The van der Waals surface area contributed by atoms with Crippen molar-refractivity contribution in [1.29, 1.82) is 0 Å². The summed E-state index contributed by atoms with van der Waals surface area (Å²) in [6.07, 6.45) is 6.99. The van der Waals surface area contributed by atoms with Gasteiger partial charge in [-0.15, -0.1) is 0 Å². The van der Waals surface area contributed by atoms with E-state index in [1.165, 1.54) is 39.0 Å². The Morgan fingerprint density at radius 1 is 0.405 bits per heavy atom. The van der Waals surface area contributed by atoms with Crippen LogP contribution in [0.4, 0.5) is 0 Å². The van der Waals surface area contributed by atoms with Gasteiger partial charge in [0.1, 0.15) is 0 Å². The van der Waals surface area contributed by atoms with E-state index >= 15 is 0 Å². The van der Waals surface area contributed by atoms with Crippen LogP contribution in [0.3, 0.4) is 0 Å². The molecule has 0 heteroatoms. The number of aryl methyl sites for hydroxylation is 1. The van der Waals surface area contributed by atoms with Crippen LogP contribution in [0.2, 0.25) is 0 Å². The Kier molecular flexibility index (Phi) is 8.21. The predicted molar refractivity (Wildman–Crippen MR) is 158 cm³/mol. The van der Waals surface area contributed by atoms with E-state index in [4.69, 9.17) is 0 Å². The van der Waals surface area contributed by atoms with Gasteiger partial charge in [-0.1, -0.05) is 164 Å². The van der Waals surface area contributed by atoms with Gasteiger partial charge in [-0.2, -0.15) is 0 Å². The van der Waals surface area contributed by atoms with Crippen LogP contribution in [0.5, 0.6) is 0 Å². The van der Waals surface area contributed by atoms with E-state index in [1.54, 1.807) is 0 Å². The molecule has 0 aliphatic heterocycles. The first kappa shape index (κ1) is 24.3. The second kappa shape index (κ2) is 12.5. The normalized spacial score (nSPS) is 10.6. The quantitative estimate of drug-likeness (QED) is 0.199. The van der Waals surface area contributed by atoms with Crippen LogP contribution in [0.15, 0.2) is 164 Å². The van der Waals surface area contributed by atoms with Crippen LogP contribution < -0.4 is 0 Å². The molecule has 0 unspecified atom stereocenters. The van der Waals surface area contributed by atoms with E-state index in [0.29, 0.717) is 0 Å². The van der Waals surface area contributed by atoms with Crippen molar-refractivity contribution in [2.24, 2.45) is 5.92 Å². The highest BCUT2D eigenvalue weighted by Gasteiger charge is 2.13. The highest BCUT2D eigenvalue weighted by atomic mass is 14.2. The van der Waals surface area contributed by atoms with Crippen LogP contribution in [-0.2, 0) is 6.42 Å². The highest BCUT2D eigenvalue weighted by molar-refractivity contribution is 5.82. The maximum absolute atomic E-state index is 2.47. The van der Waals surface area contributed by atoms with Crippen molar-refractivity contribution < 1.29 is 0 Å². The SMILES string of the molecule is C(=C(c1ccccc1)c1ccccc1)C(C=C(c1ccccc1)c1ccccc1)CCc1ccccc1. The summed E-state index contributed by atoms with van der Waals surface area (Å²) in [4.78, 5) is 0. The molecule has 5 rings (SSSR count). The second-order valence-electron chi connectivity index (χ2n) is 9.31. The number of hydrogen-bond acceptors (Lipinski definition) is 0. The molecule has 0 saturated carbocycles. The molecular formula is C37H32. The van der Waals surface area contributed by atoms with E-state index in [9.17, 15) is 0 Å². The Balaban J connectivity index is 1.63. The summed E-state index contributed by atoms with van der Waals surface area (Å²) in [6.45, 7) is 0. The molecule has 0 nitrogen and oxygen atoms in total. The fourth-order valence-corrected chi connectivity index (χ4v) is 4.81. The summed E-state index contributed by atoms with van der Waals surface area (Å²) in [5, 5.41) is 0. The van der Waals surface area contributed by atoms with Crippen molar-refractivity contribution in [3.8, 4) is 0 Å². The Labute approximate surface area is 221 Å². The van der Waals surface area contributed by atoms with Crippen molar-refractivity contribution in [1.82, 2.24) is 0 Å². The molecule has 5 aromatic rings. The third kappa shape index (κ3) is 6.63. The van der Waals surface area contributed by atoms with Crippen LogP contribution in [0.25, 0.3) is 11.1 Å². The molecule has 0 bridgehead atoms. The Hall–Kier alpha value is -4.42. The molecular weight excluding hydrogens is 444 g/mol. The minimum Gasteiger partial charge on any atom is -0.0691 e. The maximum Gasteiger partial charge on any atom is -0.00315 e. The van der Waals surface area contributed by atoms with Crippen LogP contribution in [0, 0.1) is 5.92 Å². The lowest BCUT2D eigenvalue weighted by atomic mass is 9.87. The van der Waals surface area contributed by atoms with Crippen LogP contribution >= 0.6 is 0 Å². The molecule has 0 aliphatic rings. The van der Waals surface area contributed by atoms with Crippen molar-refractivity contribution >= 4 is 11.1 Å². The lowest BCUT2D eigenvalue weighted by molar-refractivity contribution is 0.710. The summed E-state index contributed by atoms with van der Waals surface area (Å²) in [7, 11) is 0. The Morgan fingerprint density at radius 2 is 0.703 bits per heavy atom. The Bertz CT molecular complexity index is 1240. The molecule has 0 radical (unpaired) electrons. The van der Waals surface area contributed by atoms with E-state index in [1.807, 2.05) is 0 Å². The van der Waals surface area contributed by atoms with Crippen molar-refractivity contribution in [3.05, 3.63) is 192 Å². The van der Waals surface area contributed by atoms with Crippen LogP contribution in [0.1, 0.15) is 34.2 Å². The zero-order valence-corrected chi connectivity index (χ0v) is 21.1. The summed E-state index contributed by atoms with van der Waals surface area (Å²) in [6, 6.07) is 53.9.